The minimum absolute atomic E-state index is 0.252. The van der Waals surface area contributed by atoms with Gasteiger partial charge in [-0.1, -0.05) is 24.3 Å². The summed E-state index contributed by atoms with van der Waals surface area (Å²) in [5.41, 5.74) is 0.711. The van der Waals surface area contributed by atoms with E-state index in [4.69, 9.17) is 4.99 Å². The Morgan fingerprint density at radius 1 is 1.28 bits per heavy atom. The molecule has 1 aliphatic heterocycles. The Morgan fingerprint density at radius 2 is 2.11 bits per heavy atom. The number of nitrogens with one attached hydrogen (secondary N) is 2. The molecule has 0 fully saturated rings. The molecule has 4 heteroatoms. The van der Waals surface area contributed by atoms with Crippen molar-refractivity contribution in [2.24, 2.45) is 4.99 Å². The summed E-state index contributed by atoms with van der Waals surface area (Å²) in [5, 5.41) is 1.19. The zero-order valence-electron chi connectivity index (χ0n) is 10.2. The SMILES string of the molecule is CC1(NSc2ccccc2)CC=c2cc[nH]c2=N1. The van der Waals surface area contributed by atoms with Crippen molar-refractivity contribution in [3.8, 4) is 0 Å². The van der Waals surface area contributed by atoms with Crippen LogP contribution in [0.5, 0.6) is 0 Å². The Balaban J connectivity index is 1.78. The number of benzene rings is 1. The summed E-state index contributed by atoms with van der Waals surface area (Å²) in [4.78, 5) is 9.10. The van der Waals surface area contributed by atoms with Gasteiger partial charge in [-0.3, -0.25) is 0 Å². The van der Waals surface area contributed by atoms with Gasteiger partial charge in [-0.05, 0) is 37.1 Å². The van der Waals surface area contributed by atoms with Gasteiger partial charge in [0.1, 0.15) is 11.2 Å². The number of fused-ring (bicyclic) bond motifs is 1. The third-order valence-electron chi connectivity index (χ3n) is 2.97. The Kier molecular flexibility index (Phi) is 2.97. The van der Waals surface area contributed by atoms with Crippen molar-refractivity contribution in [1.82, 2.24) is 9.71 Å². The Hall–Kier alpha value is -1.52. The summed E-state index contributed by atoms with van der Waals surface area (Å²) in [7, 11) is 0. The van der Waals surface area contributed by atoms with E-state index in [1.807, 2.05) is 24.4 Å². The largest absolute Gasteiger partial charge is 0.346 e. The Labute approximate surface area is 110 Å². The van der Waals surface area contributed by atoms with Crippen molar-refractivity contribution in [1.29, 1.82) is 0 Å². The predicted octanol–water partition coefficient (Wildman–Crippen LogP) is 1.83. The lowest BCUT2D eigenvalue weighted by molar-refractivity contribution is 0.452. The number of hydrogen-bond donors (Lipinski definition) is 2. The van der Waals surface area contributed by atoms with Gasteiger partial charge in [0.05, 0.1) is 0 Å². The van der Waals surface area contributed by atoms with Crippen molar-refractivity contribution in [3.63, 3.8) is 0 Å². The second kappa shape index (κ2) is 4.63. The van der Waals surface area contributed by atoms with Gasteiger partial charge in [0.15, 0.2) is 0 Å². The quantitative estimate of drug-likeness (QED) is 0.824. The summed E-state index contributed by atoms with van der Waals surface area (Å²) in [6.45, 7) is 2.11. The van der Waals surface area contributed by atoms with Crippen LogP contribution >= 0.6 is 11.9 Å². The van der Waals surface area contributed by atoms with Crippen LogP contribution in [0.4, 0.5) is 0 Å². The molecule has 0 aliphatic carbocycles. The molecule has 0 spiro atoms. The predicted molar refractivity (Wildman–Crippen MR) is 74.5 cm³/mol. The molecule has 3 rings (SSSR count). The lowest BCUT2D eigenvalue weighted by Crippen LogP contribution is -2.43. The molecule has 1 aliphatic rings. The van der Waals surface area contributed by atoms with Crippen LogP contribution in [0.3, 0.4) is 0 Å². The van der Waals surface area contributed by atoms with Crippen LogP contribution in [0.1, 0.15) is 13.3 Å². The minimum atomic E-state index is -0.252. The first kappa shape index (κ1) is 11.6. The average Bonchev–Trinajstić information content (AvgIpc) is 2.85. The highest BCUT2D eigenvalue weighted by Crippen LogP contribution is 2.22. The lowest BCUT2D eigenvalue weighted by Gasteiger charge is -2.26. The number of nitrogens with zero attached hydrogens (tertiary/aromatic N) is 1. The standard InChI is InChI=1S/C14H15N3S/c1-14(17-18-12-5-3-2-4-6-12)9-7-11-8-10-15-13(11)16-14/h2-8,10,17H,9H2,1H3,(H,15,16). The maximum Gasteiger partial charge on any atom is 0.134 e. The van der Waals surface area contributed by atoms with Gasteiger partial charge < -0.3 is 4.98 Å². The van der Waals surface area contributed by atoms with Crippen molar-refractivity contribution in [2.45, 2.75) is 23.9 Å². The molecule has 1 atom stereocenters. The Bertz CT molecular complexity index is 647. The van der Waals surface area contributed by atoms with Gasteiger partial charge in [0.25, 0.3) is 0 Å². The summed E-state index contributed by atoms with van der Waals surface area (Å²) in [6.07, 6.45) is 5.05. The van der Waals surface area contributed by atoms with Crippen molar-refractivity contribution < 1.29 is 0 Å². The maximum absolute atomic E-state index is 4.73. The maximum atomic E-state index is 4.73. The number of rotatable bonds is 3. The number of aromatic nitrogens is 1. The van der Waals surface area contributed by atoms with Crippen LogP contribution in [0.2, 0.25) is 0 Å². The van der Waals surface area contributed by atoms with Crippen molar-refractivity contribution in [2.75, 3.05) is 0 Å². The van der Waals surface area contributed by atoms with E-state index in [0.29, 0.717) is 0 Å². The first-order valence-electron chi connectivity index (χ1n) is 5.98. The second-order valence-corrected chi connectivity index (χ2v) is 5.47. The van der Waals surface area contributed by atoms with E-state index in [1.165, 1.54) is 10.1 Å². The van der Waals surface area contributed by atoms with Crippen LogP contribution in [-0.2, 0) is 0 Å². The van der Waals surface area contributed by atoms with E-state index >= 15 is 0 Å². The summed E-state index contributed by atoms with van der Waals surface area (Å²) in [6, 6.07) is 12.3. The molecule has 1 aromatic carbocycles. The third-order valence-corrected chi connectivity index (χ3v) is 4.02. The zero-order valence-corrected chi connectivity index (χ0v) is 11.0. The van der Waals surface area contributed by atoms with Crippen LogP contribution in [0.15, 0.2) is 52.5 Å². The highest BCUT2D eigenvalue weighted by Gasteiger charge is 2.23. The van der Waals surface area contributed by atoms with E-state index < -0.39 is 0 Å². The monoisotopic (exact) mass is 257 g/mol. The van der Waals surface area contributed by atoms with Gasteiger partial charge in [0.2, 0.25) is 0 Å². The molecule has 2 N–H and O–H groups in total. The highest BCUT2D eigenvalue weighted by molar-refractivity contribution is 7.97. The number of aromatic amines is 1. The van der Waals surface area contributed by atoms with E-state index in [-0.39, 0.29) is 5.66 Å². The summed E-state index contributed by atoms with van der Waals surface area (Å²) < 4.78 is 3.44. The second-order valence-electron chi connectivity index (χ2n) is 4.59. The summed E-state index contributed by atoms with van der Waals surface area (Å²) >= 11 is 1.63. The van der Waals surface area contributed by atoms with Gasteiger partial charge in [-0.25, -0.2) is 9.71 Å². The molecular formula is C14H15N3S. The highest BCUT2D eigenvalue weighted by atomic mass is 32.2. The van der Waals surface area contributed by atoms with Crippen LogP contribution < -0.4 is 15.4 Å². The molecule has 0 saturated carbocycles. The molecule has 0 saturated heterocycles. The fourth-order valence-corrected chi connectivity index (χ4v) is 2.72. The van der Waals surface area contributed by atoms with Gasteiger partial charge in [0, 0.05) is 22.7 Å². The molecule has 1 unspecified atom stereocenters. The molecule has 92 valence electrons. The lowest BCUT2D eigenvalue weighted by atomic mass is 10.1. The number of H-pyrrole nitrogens is 1. The molecular weight excluding hydrogens is 242 g/mol. The molecule has 2 aromatic rings. The van der Waals surface area contributed by atoms with E-state index in [0.717, 1.165) is 11.9 Å². The fraction of sp³-hybridized carbons (Fsp3) is 0.214. The van der Waals surface area contributed by atoms with Crippen molar-refractivity contribution >= 4 is 18.0 Å². The molecule has 0 amide bonds. The molecule has 1 aromatic heterocycles. The Morgan fingerprint density at radius 3 is 2.94 bits per heavy atom. The fourth-order valence-electron chi connectivity index (χ4n) is 1.96. The van der Waals surface area contributed by atoms with E-state index in [9.17, 15) is 0 Å². The first-order valence-corrected chi connectivity index (χ1v) is 6.79. The van der Waals surface area contributed by atoms with E-state index in [2.05, 4.69) is 40.9 Å². The molecule has 2 heterocycles. The van der Waals surface area contributed by atoms with E-state index in [1.54, 1.807) is 11.9 Å². The molecule has 18 heavy (non-hydrogen) atoms. The molecule has 0 bridgehead atoms. The van der Waals surface area contributed by atoms with Gasteiger partial charge in [-0.2, -0.15) is 0 Å². The average molecular weight is 257 g/mol. The minimum Gasteiger partial charge on any atom is -0.346 e. The zero-order chi connectivity index (χ0) is 12.4. The van der Waals surface area contributed by atoms with Gasteiger partial charge in [-0.15, -0.1) is 0 Å². The van der Waals surface area contributed by atoms with Crippen LogP contribution in [-0.4, -0.2) is 10.6 Å². The van der Waals surface area contributed by atoms with Crippen molar-refractivity contribution in [3.05, 3.63) is 53.3 Å². The molecule has 3 nitrogen and oxygen atoms in total. The normalized spacial score (nSPS) is 21.8. The number of hydrogen-bond acceptors (Lipinski definition) is 3. The van der Waals surface area contributed by atoms with Gasteiger partial charge >= 0.3 is 0 Å². The third kappa shape index (κ3) is 2.35. The van der Waals surface area contributed by atoms with Crippen LogP contribution in [0.25, 0.3) is 6.08 Å². The summed E-state index contributed by atoms with van der Waals surface area (Å²) in [5.74, 6) is 0. The van der Waals surface area contributed by atoms with Crippen LogP contribution in [0, 0.1) is 0 Å². The smallest absolute Gasteiger partial charge is 0.134 e. The first-order chi connectivity index (χ1) is 8.75. The topological polar surface area (TPSA) is 40.2 Å². The molecule has 0 radical (unpaired) electrons.